The SMILES string of the molecule is CCOC(=O)c1c(C)c2c(C)cc(N)cc2oc1=O. The van der Waals surface area contributed by atoms with Crippen molar-refractivity contribution in [2.75, 3.05) is 12.3 Å². The predicted octanol–water partition coefficient (Wildman–Crippen LogP) is 2.17. The Balaban J connectivity index is 2.82. The fourth-order valence-corrected chi connectivity index (χ4v) is 2.21. The van der Waals surface area contributed by atoms with Crippen molar-refractivity contribution in [1.29, 1.82) is 0 Å². The summed E-state index contributed by atoms with van der Waals surface area (Å²) >= 11 is 0. The molecule has 100 valence electrons. The first-order valence-corrected chi connectivity index (χ1v) is 5.96. The number of carbonyl (C=O) groups excluding carboxylic acids is 1. The fraction of sp³-hybridized carbons (Fsp3) is 0.286. The van der Waals surface area contributed by atoms with E-state index in [4.69, 9.17) is 14.9 Å². The predicted molar refractivity (Wildman–Crippen MR) is 72.3 cm³/mol. The number of aryl methyl sites for hydroxylation is 2. The van der Waals surface area contributed by atoms with Crippen LogP contribution < -0.4 is 11.4 Å². The van der Waals surface area contributed by atoms with Crippen molar-refractivity contribution >= 4 is 22.6 Å². The van der Waals surface area contributed by atoms with E-state index in [0.29, 0.717) is 16.8 Å². The van der Waals surface area contributed by atoms with E-state index >= 15 is 0 Å². The summed E-state index contributed by atoms with van der Waals surface area (Å²) in [6.45, 7) is 5.44. The summed E-state index contributed by atoms with van der Waals surface area (Å²) in [5.74, 6) is -0.660. The molecule has 1 heterocycles. The van der Waals surface area contributed by atoms with Crippen LogP contribution in [0.15, 0.2) is 21.3 Å². The van der Waals surface area contributed by atoms with Crippen LogP contribution in [0, 0.1) is 13.8 Å². The monoisotopic (exact) mass is 261 g/mol. The zero-order valence-electron chi connectivity index (χ0n) is 11.1. The average Bonchev–Trinajstić information content (AvgIpc) is 2.27. The van der Waals surface area contributed by atoms with Gasteiger partial charge in [-0.1, -0.05) is 0 Å². The lowest BCUT2D eigenvalue weighted by Crippen LogP contribution is -2.19. The second-order valence-electron chi connectivity index (χ2n) is 4.32. The van der Waals surface area contributed by atoms with E-state index in [1.165, 1.54) is 0 Å². The molecule has 0 fully saturated rings. The molecule has 0 aliphatic carbocycles. The van der Waals surface area contributed by atoms with Crippen LogP contribution >= 0.6 is 0 Å². The Morgan fingerprint density at radius 2 is 2.05 bits per heavy atom. The number of nitrogen functional groups attached to an aromatic ring is 1. The number of hydrogen-bond donors (Lipinski definition) is 1. The minimum atomic E-state index is -0.701. The van der Waals surface area contributed by atoms with Gasteiger partial charge in [-0.15, -0.1) is 0 Å². The zero-order chi connectivity index (χ0) is 14.2. The van der Waals surface area contributed by atoms with E-state index < -0.39 is 11.6 Å². The van der Waals surface area contributed by atoms with Gasteiger partial charge in [0.05, 0.1) is 6.61 Å². The number of fused-ring (bicyclic) bond motifs is 1. The zero-order valence-corrected chi connectivity index (χ0v) is 11.1. The Morgan fingerprint density at radius 3 is 2.68 bits per heavy atom. The number of hydrogen-bond acceptors (Lipinski definition) is 5. The quantitative estimate of drug-likeness (QED) is 0.509. The molecular weight excluding hydrogens is 246 g/mol. The second kappa shape index (κ2) is 4.76. The highest BCUT2D eigenvalue weighted by molar-refractivity contribution is 5.97. The summed E-state index contributed by atoms with van der Waals surface area (Å²) < 4.78 is 10.0. The number of nitrogens with two attached hydrogens (primary N) is 1. The molecule has 5 heteroatoms. The first-order valence-electron chi connectivity index (χ1n) is 5.96. The Bertz CT molecular complexity index is 715. The van der Waals surface area contributed by atoms with E-state index in [1.807, 2.05) is 6.92 Å². The van der Waals surface area contributed by atoms with Crippen molar-refractivity contribution in [2.45, 2.75) is 20.8 Å². The van der Waals surface area contributed by atoms with Crippen LogP contribution in [0.4, 0.5) is 5.69 Å². The van der Waals surface area contributed by atoms with Gasteiger partial charge in [-0.25, -0.2) is 9.59 Å². The van der Waals surface area contributed by atoms with Crippen LogP contribution in [0.2, 0.25) is 0 Å². The lowest BCUT2D eigenvalue weighted by Gasteiger charge is -2.09. The minimum absolute atomic E-state index is 0.0535. The lowest BCUT2D eigenvalue weighted by molar-refractivity contribution is 0.0521. The van der Waals surface area contributed by atoms with Crippen molar-refractivity contribution in [1.82, 2.24) is 0 Å². The normalized spacial score (nSPS) is 10.7. The third kappa shape index (κ3) is 2.19. The van der Waals surface area contributed by atoms with Crippen LogP contribution in [0.3, 0.4) is 0 Å². The van der Waals surface area contributed by atoms with Crippen molar-refractivity contribution in [3.63, 3.8) is 0 Å². The molecule has 0 saturated carbocycles. The molecular formula is C14H15NO4. The molecule has 0 unspecified atom stereocenters. The van der Waals surface area contributed by atoms with Crippen molar-refractivity contribution in [2.24, 2.45) is 0 Å². The van der Waals surface area contributed by atoms with Crippen LogP contribution in [-0.2, 0) is 4.74 Å². The Morgan fingerprint density at radius 1 is 1.37 bits per heavy atom. The molecule has 0 saturated heterocycles. The summed E-state index contributed by atoms with van der Waals surface area (Å²) in [4.78, 5) is 23.7. The van der Waals surface area contributed by atoms with Gasteiger partial charge in [-0.2, -0.15) is 0 Å². The maximum Gasteiger partial charge on any atom is 0.351 e. The first-order chi connectivity index (χ1) is 8.95. The highest BCUT2D eigenvalue weighted by Crippen LogP contribution is 2.25. The van der Waals surface area contributed by atoms with Gasteiger partial charge in [-0.05, 0) is 38.0 Å². The van der Waals surface area contributed by atoms with Crippen molar-refractivity contribution in [3.8, 4) is 0 Å². The molecule has 1 aromatic heterocycles. The summed E-state index contributed by atoms with van der Waals surface area (Å²) in [5.41, 5.74) is 7.26. The molecule has 0 atom stereocenters. The standard InChI is InChI=1S/C14H15NO4/c1-4-18-13(16)12-8(3)11-7(2)5-9(15)6-10(11)19-14(12)17/h5-6H,4,15H2,1-3H3. The molecule has 2 aromatic rings. The lowest BCUT2D eigenvalue weighted by atomic mass is 10.0. The Hall–Kier alpha value is -2.30. The fourth-order valence-electron chi connectivity index (χ4n) is 2.21. The smallest absolute Gasteiger partial charge is 0.351 e. The summed E-state index contributed by atoms with van der Waals surface area (Å²) in [7, 11) is 0. The number of esters is 1. The van der Waals surface area contributed by atoms with E-state index in [1.54, 1.807) is 26.0 Å². The van der Waals surface area contributed by atoms with Gasteiger partial charge in [0.1, 0.15) is 11.1 Å². The molecule has 0 spiro atoms. The molecule has 0 bridgehead atoms. The van der Waals surface area contributed by atoms with E-state index in [2.05, 4.69) is 0 Å². The topological polar surface area (TPSA) is 82.5 Å². The largest absolute Gasteiger partial charge is 0.462 e. The van der Waals surface area contributed by atoms with Gasteiger partial charge in [-0.3, -0.25) is 0 Å². The number of rotatable bonds is 2. The molecule has 1 aromatic carbocycles. The molecule has 0 aliphatic heterocycles. The van der Waals surface area contributed by atoms with Gasteiger partial charge in [0.15, 0.2) is 0 Å². The summed E-state index contributed by atoms with van der Waals surface area (Å²) in [5, 5.41) is 0.719. The van der Waals surface area contributed by atoms with Crippen molar-refractivity contribution in [3.05, 3.63) is 39.2 Å². The van der Waals surface area contributed by atoms with Crippen LogP contribution in [0.25, 0.3) is 11.0 Å². The van der Waals surface area contributed by atoms with Gasteiger partial charge in [0.2, 0.25) is 0 Å². The van der Waals surface area contributed by atoms with Crippen LogP contribution in [0.1, 0.15) is 28.4 Å². The highest BCUT2D eigenvalue weighted by Gasteiger charge is 2.20. The molecule has 0 radical (unpaired) electrons. The molecule has 2 N–H and O–H groups in total. The third-order valence-electron chi connectivity index (χ3n) is 2.96. The van der Waals surface area contributed by atoms with E-state index in [0.717, 1.165) is 10.9 Å². The Labute approximate surface area is 110 Å². The van der Waals surface area contributed by atoms with Gasteiger partial charge in [0.25, 0.3) is 0 Å². The summed E-state index contributed by atoms with van der Waals surface area (Å²) in [6.07, 6.45) is 0. The van der Waals surface area contributed by atoms with E-state index in [9.17, 15) is 9.59 Å². The van der Waals surface area contributed by atoms with Gasteiger partial charge in [0, 0.05) is 17.1 Å². The Kier molecular flexibility index (Phi) is 3.29. The van der Waals surface area contributed by atoms with Crippen molar-refractivity contribution < 1.29 is 13.9 Å². The molecule has 0 aliphatic rings. The highest BCUT2D eigenvalue weighted by atomic mass is 16.5. The molecule has 5 nitrogen and oxygen atoms in total. The maximum atomic E-state index is 11.9. The number of benzene rings is 1. The van der Waals surface area contributed by atoms with E-state index in [-0.39, 0.29) is 12.2 Å². The first kappa shape index (κ1) is 13.1. The summed E-state index contributed by atoms with van der Waals surface area (Å²) in [6, 6.07) is 3.34. The average molecular weight is 261 g/mol. The molecule has 2 rings (SSSR count). The maximum absolute atomic E-state index is 11.9. The third-order valence-corrected chi connectivity index (χ3v) is 2.96. The van der Waals surface area contributed by atoms with Crippen LogP contribution in [-0.4, -0.2) is 12.6 Å². The molecule has 19 heavy (non-hydrogen) atoms. The second-order valence-corrected chi connectivity index (χ2v) is 4.32. The number of carbonyl (C=O) groups is 1. The number of anilines is 1. The van der Waals surface area contributed by atoms with Gasteiger partial charge >= 0.3 is 11.6 Å². The molecule has 0 amide bonds. The minimum Gasteiger partial charge on any atom is -0.462 e. The number of ether oxygens (including phenoxy) is 1. The van der Waals surface area contributed by atoms with Crippen LogP contribution in [0.5, 0.6) is 0 Å². The van der Waals surface area contributed by atoms with Gasteiger partial charge < -0.3 is 14.9 Å².